The Morgan fingerprint density at radius 1 is 1.35 bits per heavy atom. The molecule has 2 atom stereocenters. The molecule has 1 aliphatic heterocycles. The SMILES string of the molecule is CC1CN(c2ccc(CNC3CC3)c(Cl)c2)C(C)CO1. The maximum atomic E-state index is 6.44. The van der Waals surface area contributed by atoms with Crippen molar-refractivity contribution >= 4 is 17.3 Å². The van der Waals surface area contributed by atoms with Gasteiger partial charge < -0.3 is 15.0 Å². The first-order chi connectivity index (χ1) is 9.63. The van der Waals surface area contributed by atoms with Gasteiger partial charge in [-0.15, -0.1) is 0 Å². The predicted octanol–water partition coefficient (Wildman–Crippen LogP) is 3.21. The summed E-state index contributed by atoms with van der Waals surface area (Å²) < 4.78 is 5.68. The first-order valence-corrected chi connectivity index (χ1v) is 7.91. The predicted molar refractivity (Wildman–Crippen MR) is 83.5 cm³/mol. The molecule has 2 unspecified atom stereocenters. The maximum absolute atomic E-state index is 6.44. The molecule has 0 spiro atoms. The van der Waals surface area contributed by atoms with E-state index in [4.69, 9.17) is 16.3 Å². The van der Waals surface area contributed by atoms with Crippen molar-refractivity contribution in [3.63, 3.8) is 0 Å². The lowest BCUT2D eigenvalue weighted by Gasteiger charge is -2.38. The molecule has 1 aromatic carbocycles. The average Bonchev–Trinajstić information content (AvgIpc) is 3.24. The van der Waals surface area contributed by atoms with Gasteiger partial charge in [-0.3, -0.25) is 0 Å². The molecule has 3 nitrogen and oxygen atoms in total. The molecule has 1 saturated heterocycles. The maximum Gasteiger partial charge on any atom is 0.0723 e. The lowest BCUT2D eigenvalue weighted by atomic mass is 10.1. The Hall–Kier alpha value is -0.770. The lowest BCUT2D eigenvalue weighted by molar-refractivity contribution is 0.0344. The number of halogens is 1. The minimum atomic E-state index is 0.279. The normalized spacial score (nSPS) is 26.9. The van der Waals surface area contributed by atoms with E-state index >= 15 is 0 Å². The zero-order valence-electron chi connectivity index (χ0n) is 12.2. The van der Waals surface area contributed by atoms with Crippen LogP contribution in [0.15, 0.2) is 18.2 Å². The molecule has 110 valence electrons. The molecule has 0 amide bonds. The number of nitrogens with zero attached hydrogens (tertiary/aromatic N) is 1. The van der Waals surface area contributed by atoms with E-state index in [9.17, 15) is 0 Å². The molecule has 0 radical (unpaired) electrons. The summed E-state index contributed by atoms with van der Waals surface area (Å²) in [5, 5.41) is 4.37. The summed E-state index contributed by atoms with van der Waals surface area (Å²) in [5.74, 6) is 0. The molecule has 0 bridgehead atoms. The molecule has 2 aliphatic rings. The van der Waals surface area contributed by atoms with Gasteiger partial charge >= 0.3 is 0 Å². The standard InChI is InChI=1S/C16H23ClN2O/c1-11-10-20-12(2)9-19(11)15-6-3-13(16(17)7-15)8-18-14-4-5-14/h3,6-7,11-12,14,18H,4-5,8-10H2,1-2H3. The van der Waals surface area contributed by atoms with E-state index in [1.165, 1.54) is 24.1 Å². The van der Waals surface area contributed by atoms with Gasteiger partial charge in [0, 0.05) is 35.9 Å². The Kier molecular flexibility index (Phi) is 4.20. The highest BCUT2D eigenvalue weighted by Crippen LogP contribution is 2.28. The van der Waals surface area contributed by atoms with E-state index in [1.807, 2.05) is 0 Å². The fourth-order valence-electron chi connectivity index (χ4n) is 2.66. The number of hydrogen-bond acceptors (Lipinski definition) is 3. The molecule has 1 aromatic rings. The summed E-state index contributed by atoms with van der Waals surface area (Å²) in [7, 11) is 0. The second-order valence-electron chi connectivity index (χ2n) is 6.08. The largest absolute Gasteiger partial charge is 0.375 e. The van der Waals surface area contributed by atoms with Gasteiger partial charge in [-0.25, -0.2) is 0 Å². The molecule has 3 rings (SSSR count). The Labute approximate surface area is 126 Å². The number of nitrogens with one attached hydrogen (secondary N) is 1. The van der Waals surface area contributed by atoms with Gasteiger partial charge in [0.15, 0.2) is 0 Å². The molecule has 0 aromatic heterocycles. The van der Waals surface area contributed by atoms with Crippen LogP contribution in [0.1, 0.15) is 32.3 Å². The Morgan fingerprint density at radius 2 is 2.15 bits per heavy atom. The van der Waals surface area contributed by atoms with Crippen LogP contribution in [0.4, 0.5) is 5.69 Å². The minimum absolute atomic E-state index is 0.279. The van der Waals surface area contributed by atoms with Crippen molar-refractivity contribution in [2.24, 2.45) is 0 Å². The summed E-state index contributed by atoms with van der Waals surface area (Å²) in [5.41, 5.74) is 2.39. The van der Waals surface area contributed by atoms with Crippen LogP contribution in [-0.4, -0.2) is 31.3 Å². The highest BCUT2D eigenvalue weighted by molar-refractivity contribution is 6.31. The summed E-state index contributed by atoms with van der Waals surface area (Å²) in [4.78, 5) is 2.39. The van der Waals surface area contributed by atoms with Crippen LogP contribution in [0.2, 0.25) is 5.02 Å². The van der Waals surface area contributed by atoms with E-state index in [0.29, 0.717) is 12.1 Å². The number of anilines is 1. The van der Waals surface area contributed by atoms with Crippen molar-refractivity contribution in [3.05, 3.63) is 28.8 Å². The molecular weight excluding hydrogens is 272 g/mol. The molecule has 20 heavy (non-hydrogen) atoms. The third-order valence-corrected chi connectivity index (χ3v) is 4.49. The molecule has 1 N–H and O–H groups in total. The molecule has 2 fully saturated rings. The van der Waals surface area contributed by atoms with E-state index in [1.54, 1.807) is 0 Å². The minimum Gasteiger partial charge on any atom is -0.375 e. The van der Waals surface area contributed by atoms with Crippen LogP contribution in [0, 0.1) is 0 Å². The van der Waals surface area contributed by atoms with Crippen LogP contribution in [0.5, 0.6) is 0 Å². The Morgan fingerprint density at radius 3 is 2.85 bits per heavy atom. The summed E-state index contributed by atoms with van der Waals surface area (Å²) >= 11 is 6.44. The summed E-state index contributed by atoms with van der Waals surface area (Å²) in [6.07, 6.45) is 2.89. The fraction of sp³-hybridized carbons (Fsp3) is 0.625. The molecule has 1 heterocycles. The number of rotatable bonds is 4. The monoisotopic (exact) mass is 294 g/mol. The quantitative estimate of drug-likeness (QED) is 0.923. The van der Waals surface area contributed by atoms with E-state index in [0.717, 1.165) is 24.7 Å². The van der Waals surface area contributed by atoms with Gasteiger partial charge in [-0.2, -0.15) is 0 Å². The molecule has 1 aliphatic carbocycles. The lowest BCUT2D eigenvalue weighted by Crippen LogP contribution is -2.47. The summed E-state index contributed by atoms with van der Waals surface area (Å²) in [6.45, 7) is 6.90. The van der Waals surface area contributed by atoms with Crippen molar-refractivity contribution in [1.29, 1.82) is 0 Å². The second-order valence-corrected chi connectivity index (χ2v) is 6.48. The zero-order valence-corrected chi connectivity index (χ0v) is 13.0. The van der Waals surface area contributed by atoms with Gasteiger partial charge in [0.2, 0.25) is 0 Å². The van der Waals surface area contributed by atoms with Crippen LogP contribution in [0.3, 0.4) is 0 Å². The first-order valence-electron chi connectivity index (χ1n) is 7.53. The van der Waals surface area contributed by atoms with Crippen molar-refractivity contribution in [2.75, 3.05) is 18.1 Å². The van der Waals surface area contributed by atoms with E-state index in [2.05, 4.69) is 42.3 Å². The van der Waals surface area contributed by atoms with Gasteiger partial charge in [0.25, 0.3) is 0 Å². The van der Waals surface area contributed by atoms with Crippen molar-refractivity contribution in [2.45, 2.75) is 51.4 Å². The first kappa shape index (κ1) is 14.2. The van der Waals surface area contributed by atoms with Crippen LogP contribution in [-0.2, 0) is 11.3 Å². The fourth-order valence-corrected chi connectivity index (χ4v) is 2.90. The third kappa shape index (κ3) is 3.27. The van der Waals surface area contributed by atoms with Crippen LogP contribution < -0.4 is 10.2 Å². The molecule has 4 heteroatoms. The second kappa shape index (κ2) is 5.92. The summed E-state index contributed by atoms with van der Waals surface area (Å²) in [6, 6.07) is 7.55. The van der Waals surface area contributed by atoms with Gasteiger partial charge in [0.05, 0.1) is 12.7 Å². The highest BCUT2D eigenvalue weighted by atomic mass is 35.5. The van der Waals surface area contributed by atoms with Gasteiger partial charge in [0.1, 0.15) is 0 Å². The zero-order chi connectivity index (χ0) is 14.1. The topological polar surface area (TPSA) is 24.5 Å². The van der Waals surface area contributed by atoms with Gasteiger partial charge in [-0.05, 0) is 44.4 Å². The number of benzene rings is 1. The Balaban J connectivity index is 1.71. The average molecular weight is 295 g/mol. The third-order valence-electron chi connectivity index (χ3n) is 4.13. The van der Waals surface area contributed by atoms with Crippen LogP contribution >= 0.6 is 11.6 Å². The van der Waals surface area contributed by atoms with Crippen molar-refractivity contribution in [3.8, 4) is 0 Å². The van der Waals surface area contributed by atoms with Crippen LogP contribution in [0.25, 0.3) is 0 Å². The van der Waals surface area contributed by atoms with Crippen molar-refractivity contribution < 1.29 is 4.74 Å². The number of morpholine rings is 1. The van der Waals surface area contributed by atoms with Crippen molar-refractivity contribution in [1.82, 2.24) is 5.32 Å². The molecular formula is C16H23ClN2O. The number of ether oxygens (including phenoxy) is 1. The molecule has 1 saturated carbocycles. The van der Waals surface area contributed by atoms with E-state index in [-0.39, 0.29) is 6.10 Å². The van der Waals surface area contributed by atoms with Gasteiger partial charge in [-0.1, -0.05) is 17.7 Å². The van der Waals surface area contributed by atoms with E-state index < -0.39 is 0 Å². The smallest absolute Gasteiger partial charge is 0.0723 e. The highest BCUT2D eigenvalue weighted by Gasteiger charge is 2.24. The Bertz CT molecular complexity index is 476. The number of hydrogen-bond donors (Lipinski definition) is 1.